The lowest BCUT2D eigenvalue weighted by Gasteiger charge is -2.23. The summed E-state index contributed by atoms with van der Waals surface area (Å²) in [7, 11) is 0. The van der Waals surface area contributed by atoms with E-state index in [0.29, 0.717) is 19.7 Å². The molecule has 3 aromatic rings. The van der Waals surface area contributed by atoms with Gasteiger partial charge in [0.05, 0.1) is 6.61 Å². The minimum Gasteiger partial charge on any atom is -0.494 e. The molecule has 150 valence electrons. The first kappa shape index (κ1) is 20.5. The number of carbonyl (C=O) groups excluding carboxylic acids is 1. The zero-order valence-corrected chi connectivity index (χ0v) is 16.9. The van der Waals surface area contributed by atoms with Crippen LogP contribution in [-0.4, -0.2) is 17.5 Å². The lowest BCUT2D eigenvalue weighted by molar-refractivity contribution is 0.206. The van der Waals surface area contributed by atoms with E-state index in [1.165, 1.54) is 0 Å². The second-order valence-corrected chi connectivity index (χ2v) is 6.98. The predicted molar refractivity (Wildman–Crippen MR) is 118 cm³/mol. The fraction of sp³-hybridized carbons (Fsp3) is 0.240. The number of carbonyl (C=O) groups is 1. The molecule has 0 aromatic heterocycles. The molecule has 0 aliphatic heterocycles. The van der Waals surface area contributed by atoms with E-state index < -0.39 is 0 Å². The van der Waals surface area contributed by atoms with E-state index in [9.17, 15) is 4.79 Å². The second kappa shape index (κ2) is 10.9. The van der Waals surface area contributed by atoms with Gasteiger partial charge in [-0.05, 0) is 41.8 Å². The summed E-state index contributed by atoms with van der Waals surface area (Å²) in [6.45, 7) is 3.93. The second-order valence-electron chi connectivity index (χ2n) is 6.98. The fourth-order valence-corrected chi connectivity index (χ4v) is 2.98. The third-order valence-electron chi connectivity index (χ3n) is 4.59. The molecule has 3 rings (SSSR count). The Kier molecular flexibility index (Phi) is 7.70. The van der Waals surface area contributed by atoms with Crippen LogP contribution in [0.25, 0.3) is 0 Å². The predicted octanol–water partition coefficient (Wildman–Crippen LogP) is 6.10. The summed E-state index contributed by atoms with van der Waals surface area (Å²) in [5, 5.41) is 3.01. The Labute approximate surface area is 173 Å². The molecule has 0 aliphatic carbocycles. The van der Waals surface area contributed by atoms with Crippen LogP contribution in [-0.2, 0) is 13.1 Å². The first-order chi connectivity index (χ1) is 14.2. The van der Waals surface area contributed by atoms with Gasteiger partial charge in [-0.3, -0.25) is 0 Å². The largest absolute Gasteiger partial charge is 0.494 e. The van der Waals surface area contributed by atoms with Crippen LogP contribution in [0.2, 0.25) is 0 Å². The van der Waals surface area contributed by atoms with Crippen LogP contribution in [0.3, 0.4) is 0 Å². The highest BCUT2D eigenvalue weighted by molar-refractivity contribution is 5.89. The number of nitrogens with one attached hydrogen (secondary N) is 1. The Morgan fingerprint density at radius 3 is 1.90 bits per heavy atom. The van der Waals surface area contributed by atoms with E-state index in [-0.39, 0.29) is 6.03 Å². The van der Waals surface area contributed by atoms with Gasteiger partial charge in [0, 0.05) is 18.8 Å². The molecule has 4 nitrogen and oxygen atoms in total. The van der Waals surface area contributed by atoms with Crippen molar-refractivity contribution in [2.45, 2.75) is 32.9 Å². The van der Waals surface area contributed by atoms with Crippen LogP contribution >= 0.6 is 0 Å². The number of nitrogens with zero attached hydrogens (tertiary/aromatic N) is 1. The van der Waals surface area contributed by atoms with Crippen molar-refractivity contribution in [3.8, 4) is 5.75 Å². The van der Waals surface area contributed by atoms with E-state index in [2.05, 4.69) is 12.2 Å². The quantitative estimate of drug-likeness (QED) is 0.450. The average Bonchev–Trinajstić information content (AvgIpc) is 2.76. The maximum absolute atomic E-state index is 13.0. The van der Waals surface area contributed by atoms with Crippen LogP contribution in [0.5, 0.6) is 5.75 Å². The summed E-state index contributed by atoms with van der Waals surface area (Å²) in [6, 6.07) is 27.5. The van der Waals surface area contributed by atoms with Gasteiger partial charge in [0.1, 0.15) is 5.75 Å². The minimum absolute atomic E-state index is 0.127. The molecule has 0 unspecified atom stereocenters. The lowest BCUT2D eigenvalue weighted by atomic mass is 10.2. The molecule has 3 aromatic carbocycles. The monoisotopic (exact) mass is 388 g/mol. The van der Waals surface area contributed by atoms with E-state index in [0.717, 1.165) is 35.4 Å². The molecule has 0 spiro atoms. The third-order valence-corrected chi connectivity index (χ3v) is 4.59. The maximum atomic E-state index is 13.0. The molecule has 0 aliphatic rings. The number of ether oxygens (including phenoxy) is 1. The Morgan fingerprint density at radius 1 is 0.828 bits per heavy atom. The van der Waals surface area contributed by atoms with E-state index in [4.69, 9.17) is 4.74 Å². The maximum Gasteiger partial charge on any atom is 0.322 e. The molecule has 0 saturated carbocycles. The molecule has 0 atom stereocenters. The van der Waals surface area contributed by atoms with Gasteiger partial charge in [0.25, 0.3) is 0 Å². The fourth-order valence-electron chi connectivity index (χ4n) is 2.98. The summed E-state index contributed by atoms with van der Waals surface area (Å²) in [5.74, 6) is 0.821. The molecule has 0 radical (unpaired) electrons. The lowest BCUT2D eigenvalue weighted by Crippen LogP contribution is -2.34. The van der Waals surface area contributed by atoms with Gasteiger partial charge in [-0.25, -0.2) is 4.79 Å². The summed E-state index contributed by atoms with van der Waals surface area (Å²) < 4.78 is 5.69. The SMILES string of the molecule is CCCCOc1ccc(NC(=O)N(Cc2ccccc2)Cc2ccccc2)cc1. The van der Waals surface area contributed by atoms with Crippen molar-refractivity contribution in [1.29, 1.82) is 0 Å². The van der Waals surface area contributed by atoms with Gasteiger partial charge in [0.15, 0.2) is 0 Å². The summed E-state index contributed by atoms with van der Waals surface area (Å²) >= 11 is 0. The number of anilines is 1. The van der Waals surface area contributed by atoms with Gasteiger partial charge in [-0.1, -0.05) is 74.0 Å². The smallest absolute Gasteiger partial charge is 0.322 e. The van der Waals surface area contributed by atoms with Crippen molar-refractivity contribution in [3.63, 3.8) is 0 Å². The molecule has 1 N–H and O–H groups in total. The first-order valence-corrected chi connectivity index (χ1v) is 10.1. The zero-order valence-electron chi connectivity index (χ0n) is 16.9. The number of unbranched alkanes of at least 4 members (excludes halogenated alkanes) is 1. The van der Waals surface area contributed by atoms with Crippen molar-refractivity contribution >= 4 is 11.7 Å². The van der Waals surface area contributed by atoms with Crippen molar-refractivity contribution in [3.05, 3.63) is 96.1 Å². The molecule has 0 heterocycles. The van der Waals surface area contributed by atoms with Crippen LogP contribution in [0.1, 0.15) is 30.9 Å². The number of rotatable bonds is 9. The summed E-state index contributed by atoms with van der Waals surface area (Å²) in [5.41, 5.74) is 2.94. The minimum atomic E-state index is -0.127. The Bertz CT molecular complexity index is 823. The normalized spacial score (nSPS) is 10.4. The standard InChI is InChI=1S/C25H28N2O2/c1-2-3-18-29-24-16-14-23(15-17-24)26-25(28)27(19-21-10-6-4-7-11-21)20-22-12-8-5-9-13-22/h4-17H,2-3,18-20H2,1H3,(H,26,28). The van der Waals surface area contributed by atoms with E-state index in [1.54, 1.807) is 0 Å². The van der Waals surface area contributed by atoms with E-state index >= 15 is 0 Å². The van der Waals surface area contributed by atoms with Crippen molar-refractivity contribution in [2.24, 2.45) is 0 Å². The average molecular weight is 389 g/mol. The highest BCUT2D eigenvalue weighted by Gasteiger charge is 2.15. The number of hydrogen-bond acceptors (Lipinski definition) is 2. The van der Waals surface area contributed by atoms with Crippen LogP contribution in [0, 0.1) is 0 Å². The number of amides is 2. The number of hydrogen-bond donors (Lipinski definition) is 1. The van der Waals surface area contributed by atoms with Gasteiger partial charge in [-0.2, -0.15) is 0 Å². The molecule has 0 bridgehead atoms. The summed E-state index contributed by atoms with van der Waals surface area (Å²) in [6.07, 6.45) is 2.14. The Morgan fingerprint density at radius 2 is 1.38 bits per heavy atom. The summed E-state index contributed by atoms with van der Waals surface area (Å²) in [4.78, 5) is 14.8. The molecule has 0 saturated heterocycles. The van der Waals surface area contributed by atoms with Gasteiger partial charge in [-0.15, -0.1) is 0 Å². The van der Waals surface area contributed by atoms with Crippen molar-refractivity contribution in [1.82, 2.24) is 4.90 Å². The molecular formula is C25H28N2O2. The van der Waals surface area contributed by atoms with Crippen LogP contribution < -0.4 is 10.1 Å². The van der Waals surface area contributed by atoms with Gasteiger partial charge >= 0.3 is 6.03 Å². The zero-order chi connectivity index (χ0) is 20.3. The first-order valence-electron chi connectivity index (χ1n) is 10.1. The van der Waals surface area contributed by atoms with Crippen LogP contribution in [0.15, 0.2) is 84.9 Å². The van der Waals surface area contributed by atoms with Crippen molar-refractivity contribution in [2.75, 3.05) is 11.9 Å². The Hall–Kier alpha value is -3.27. The Balaban J connectivity index is 1.67. The highest BCUT2D eigenvalue weighted by Crippen LogP contribution is 2.18. The molecule has 29 heavy (non-hydrogen) atoms. The van der Waals surface area contributed by atoms with E-state index in [1.807, 2.05) is 89.8 Å². The van der Waals surface area contributed by atoms with Crippen LogP contribution in [0.4, 0.5) is 10.5 Å². The topological polar surface area (TPSA) is 41.6 Å². The molecular weight excluding hydrogens is 360 g/mol. The van der Waals surface area contributed by atoms with Gasteiger partial charge < -0.3 is 15.0 Å². The van der Waals surface area contributed by atoms with Crippen molar-refractivity contribution < 1.29 is 9.53 Å². The molecule has 4 heteroatoms. The van der Waals surface area contributed by atoms with Gasteiger partial charge in [0.2, 0.25) is 0 Å². The number of benzene rings is 3. The third kappa shape index (κ3) is 6.68. The molecule has 0 fully saturated rings. The molecule has 2 amide bonds. The highest BCUT2D eigenvalue weighted by atomic mass is 16.5. The number of urea groups is 1.